The Kier molecular flexibility index (Phi) is 4.63. The van der Waals surface area contributed by atoms with Crippen molar-refractivity contribution in [2.75, 3.05) is 18.6 Å². The van der Waals surface area contributed by atoms with Gasteiger partial charge in [-0.25, -0.2) is 0 Å². The van der Waals surface area contributed by atoms with E-state index in [0.717, 1.165) is 5.69 Å². The van der Waals surface area contributed by atoms with Crippen molar-refractivity contribution in [1.82, 2.24) is 9.78 Å². The summed E-state index contributed by atoms with van der Waals surface area (Å²) in [6.45, 7) is 3.48. The molecule has 0 saturated heterocycles. The van der Waals surface area contributed by atoms with Crippen molar-refractivity contribution in [3.63, 3.8) is 0 Å². The molecule has 2 aromatic rings. The summed E-state index contributed by atoms with van der Waals surface area (Å²) in [7, 11) is 3.35. The molecule has 0 atom stereocenters. The lowest BCUT2D eigenvalue weighted by Crippen LogP contribution is -2.31. The number of hydrogen-bond donors (Lipinski definition) is 0. The minimum atomic E-state index is -0.499. The van der Waals surface area contributed by atoms with Crippen LogP contribution in [0.15, 0.2) is 24.3 Å². The van der Waals surface area contributed by atoms with Gasteiger partial charge in [0, 0.05) is 26.2 Å². The molecule has 1 amide bonds. The summed E-state index contributed by atoms with van der Waals surface area (Å²) in [6.07, 6.45) is 0. The zero-order valence-electron chi connectivity index (χ0n) is 13.4. The van der Waals surface area contributed by atoms with Crippen molar-refractivity contribution < 1.29 is 14.5 Å². The molecule has 1 heterocycles. The molecule has 0 aliphatic carbocycles. The minimum Gasteiger partial charge on any atom is -0.480 e. The van der Waals surface area contributed by atoms with Crippen LogP contribution in [-0.4, -0.2) is 34.3 Å². The highest BCUT2D eigenvalue weighted by Gasteiger charge is 2.17. The summed E-state index contributed by atoms with van der Waals surface area (Å²) in [6, 6.07) is 5.89. The Morgan fingerprint density at radius 2 is 2.13 bits per heavy atom. The second-order valence-corrected chi connectivity index (χ2v) is 5.14. The van der Waals surface area contributed by atoms with Crippen LogP contribution in [0.3, 0.4) is 0 Å². The molecule has 0 aliphatic rings. The van der Waals surface area contributed by atoms with Crippen LogP contribution in [-0.2, 0) is 11.8 Å². The maximum atomic E-state index is 12.2. The van der Waals surface area contributed by atoms with Crippen LogP contribution in [0.5, 0.6) is 5.75 Å². The first-order chi connectivity index (χ1) is 10.8. The van der Waals surface area contributed by atoms with Gasteiger partial charge >= 0.3 is 0 Å². The summed E-state index contributed by atoms with van der Waals surface area (Å²) in [4.78, 5) is 23.9. The first-order valence-corrected chi connectivity index (χ1v) is 6.95. The smallest absolute Gasteiger partial charge is 0.271 e. The Morgan fingerprint density at radius 1 is 1.43 bits per heavy atom. The fourth-order valence-electron chi connectivity index (χ4n) is 2.15. The number of aromatic nitrogens is 2. The van der Waals surface area contributed by atoms with Gasteiger partial charge in [-0.2, -0.15) is 5.10 Å². The first kappa shape index (κ1) is 16.5. The third kappa shape index (κ3) is 3.47. The number of hydrogen-bond acceptors (Lipinski definition) is 5. The standard InChI is InChI=1S/C15H18N4O4/c1-10-15(11(2)18(4)16-10)23-9-14(20)17(3)12-6-5-7-13(8-12)19(21)22/h5-8H,9H2,1-4H3. The fraction of sp³-hybridized carbons (Fsp3) is 0.333. The molecule has 0 unspecified atom stereocenters. The van der Waals surface area contributed by atoms with E-state index in [9.17, 15) is 14.9 Å². The highest BCUT2D eigenvalue weighted by Crippen LogP contribution is 2.23. The normalized spacial score (nSPS) is 10.4. The van der Waals surface area contributed by atoms with E-state index in [-0.39, 0.29) is 18.2 Å². The number of rotatable bonds is 5. The average Bonchev–Trinajstić information content (AvgIpc) is 2.77. The summed E-state index contributed by atoms with van der Waals surface area (Å²) in [5.74, 6) is 0.265. The minimum absolute atomic E-state index is 0.0676. The Labute approximate surface area is 133 Å². The zero-order chi connectivity index (χ0) is 17.1. The third-order valence-corrected chi connectivity index (χ3v) is 3.58. The number of nitro groups is 1. The Hall–Kier alpha value is -2.90. The fourth-order valence-corrected chi connectivity index (χ4v) is 2.15. The van der Waals surface area contributed by atoms with Crippen molar-refractivity contribution in [2.24, 2.45) is 7.05 Å². The third-order valence-electron chi connectivity index (χ3n) is 3.58. The highest BCUT2D eigenvalue weighted by atomic mass is 16.6. The van der Waals surface area contributed by atoms with Crippen molar-refractivity contribution in [3.8, 4) is 5.75 Å². The zero-order valence-corrected chi connectivity index (χ0v) is 13.4. The number of benzene rings is 1. The maximum Gasteiger partial charge on any atom is 0.271 e. The van der Waals surface area contributed by atoms with E-state index in [4.69, 9.17) is 4.74 Å². The number of nitrogens with zero attached hydrogens (tertiary/aromatic N) is 4. The SMILES string of the molecule is Cc1nn(C)c(C)c1OCC(=O)N(C)c1cccc([N+](=O)[O-])c1. The molecule has 23 heavy (non-hydrogen) atoms. The van der Waals surface area contributed by atoms with Gasteiger partial charge < -0.3 is 9.64 Å². The largest absolute Gasteiger partial charge is 0.480 e. The maximum absolute atomic E-state index is 12.2. The number of amides is 1. The van der Waals surface area contributed by atoms with Crippen molar-refractivity contribution in [1.29, 1.82) is 0 Å². The van der Waals surface area contributed by atoms with Crippen molar-refractivity contribution >= 4 is 17.3 Å². The Morgan fingerprint density at radius 3 is 2.70 bits per heavy atom. The lowest BCUT2D eigenvalue weighted by atomic mass is 10.2. The van der Waals surface area contributed by atoms with Gasteiger partial charge in [0.25, 0.3) is 11.6 Å². The number of carbonyl (C=O) groups is 1. The van der Waals surface area contributed by atoms with E-state index >= 15 is 0 Å². The van der Waals surface area contributed by atoms with Gasteiger partial charge in [-0.3, -0.25) is 19.6 Å². The molecule has 0 fully saturated rings. The first-order valence-electron chi connectivity index (χ1n) is 6.95. The van der Waals surface area contributed by atoms with Gasteiger partial charge in [0.2, 0.25) is 0 Å². The molecule has 0 radical (unpaired) electrons. The number of likely N-dealkylation sites (N-methyl/N-ethyl adjacent to an activating group) is 1. The van der Waals surface area contributed by atoms with E-state index < -0.39 is 4.92 Å². The van der Waals surface area contributed by atoms with E-state index in [1.807, 2.05) is 6.92 Å². The molecule has 2 rings (SSSR count). The highest BCUT2D eigenvalue weighted by molar-refractivity contribution is 5.94. The Balaban J connectivity index is 2.08. The van der Waals surface area contributed by atoms with Crippen LogP contribution in [0.1, 0.15) is 11.4 Å². The summed E-state index contributed by atoms with van der Waals surface area (Å²) >= 11 is 0. The van der Waals surface area contributed by atoms with Gasteiger partial charge in [0.05, 0.1) is 16.3 Å². The lowest BCUT2D eigenvalue weighted by molar-refractivity contribution is -0.384. The molecular weight excluding hydrogens is 300 g/mol. The van der Waals surface area contributed by atoms with Crippen LogP contribution in [0.2, 0.25) is 0 Å². The molecule has 8 heteroatoms. The molecular formula is C15H18N4O4. The van der Waals surface area contributed by atoms with Crippen LogP contribution in [0.25, 0.3) is 0 Å². The van der Waals surface area contributed by atoms with Crippen molar-refractivity contribution in [2.45, 2.75) is 13.8 Å². The predicted molar refractivity (Wildman–Crippen MR) is 84.7 cm³/mol. The van der Waals surface area contributed by atoms with Gasteiger partial charge in [0.15, 0.2) is 12.4 Å². The molecule has 0 N–H and O–H groups in total. The molecule has 0 aliphatic heterocycles. The number of aryl methyl sites for hydroxylation is 2. The lowest BCUT2D eigenvalue weighted by Gasteiger charge is -2.17. The van der Waals surface area contributed by atoms with E-state index in [1.54, 1.807) is 31.8 Å². The topological polar surface area (TPSA) is 90.5 Å². The summed E-state index contributed by atoms with van der Waals surface area (Å²) < 4.78 is 7.24. The molecule has 0 spiro atoms. The van der Waals surface area contributed by atoms with E-state index in [2.05, 4.69) is 5.10 Å². The monoisotopic (exact) mass is 318 g/mol. The molecule has 0 saturated carbocycles. The number of ether oxygens (including phenoxy) is 1. The molecule has 1 aromatic heterocycles. The van der Waals surface area contributed by atoms with Gasteiger partial charge in [-0.05, 0) is 19.9 Å². The van der Waals surface area contributed by atoms with Crippen LogP contribution in [0, 0.1) is 24.0 Å². The van der Waals surface area contributed by atoms with E-state index in [0.29, 0.717) is 17.1 Å². The van der Waals surface area contributed by atoms with Gasteiger partial charge in [-0.1, -0.05) is 6.07 Å². The second-order valence-electron chi connectivity index (χ2n) is 5.14. The van der Waals surface area contributed by atoms with E-state index in [1.165, 1.54) is 23.1 Å². The average molecular weight is 318 g/mol. The second kappa shape index (κ2) is 6.47. The van der Waals surface area contributed by atoms with Crippen LogP contribution < -0.4 is 9.64 Å². The quantitative estimate of drug-likeness (QED) is 0.621. The van der Waals surface area contributed by atoms with Gasteiger partial charge in [0.1, 0.15) is 5.69 Å². The molecule has 8 nitrogen and oxygen atoms in total. The van der Waals surface area contributed by atoms with Crippen molar-refractivity contribution in [3.05, 3.63) is 45.8 Å². The number of nitro benzene ring substituents is 1. The predicted octanol–water partition coefficient (Wildman–Crippen LogP) is 1.99. The molecule has 0 bridgehead atoms. The number of non-ortho nitro benzene ring substituents is 1. The molecule has 122 valence electrons. The van der Waals surface area contributed by atoms with Crippen LogP contribution in [0.4, 0.5) is 11.4 Å². The summed E-state index contributed by atoms with van der Waals surface area (Å²) in [5.41, 5.74) is 1.90. The number of carbonyl (C=O) groups excluding carboxylic acids is 1. The molecule has 1 aromatic carbocycles. The Bertz CT molecular complexity index is 754. The number of anilines is 1. The van der Waals surface area contributed by atoms with Gasteiger partial charge in [-0.15, -0.1) is 0 Å². The summed E-state index contributed by atoms with van der Waals surface area (Å²) in [5, 5.41) is 15.0. The van der Waals surface area contributed by atoms with Crippen LogP contribution >= 0.6 is 0 Å².